The number of carbonyl (C=O) groups is 2. The molecule has 0 radical (unpaired) electrons. The second kappa shape index (κ2) is 20.6. The van der Waals surface area contributed by atoms with Crippen LogP contribution in [0.5, 0.6) is 0 Å². The molecular formula is C56H52N2O2S4. The second-order valence-electron chi connectivity index (χ2n) is 16.4. The van der Waals surface area contributed by atoms with Crippen molar-refractivity contribution in [1.29, 1.82) is 0 Å². The molecule has 0 spiro atoms. The normalized spacial score (nSPS) is 13.0. The van der Waals surface area contributed by atoms with Gasteiger partial charge in [0.25, 0.3) is 0 Å². The number of anilines is 4. The number of carbonyl (C=O) groups excluding carboxylic acids is 2. The Morgan fingerprint density at radius 1 is 0.438 bits per heavy atom. The summed E-state index contributed by atoms with van der Waals surface area (Å²) < 4.78 is 0. The van der Waals surface area contributed by atoms with Crippen LogP contribution >= 0.6 is 46.2 Å². The summed E-state index contributed by atoms with van der Waals surface area (Å²) in [5.41, 5.74) is 11.6. The lowest BCUT2D eigenvalue weighted by atomic mass is 9.95. The van der Waals surface area contributed by atoms with Crippen LogP contribution in [0.3, 0.4) is 0 Å². The molecule has 0 saturated heterocycles. The third-order valence-corrected chi connectivity index (χ3v) is 16.2. The number of aldehydes is 2. The van der Waals surface area contributed by atoms with Gasteiger partial charge in [-0.3, -0.25) is 9.59 Å². The molecule has 2 aliphatic rings. The highest BCUT2D eigenvalue weighted by molar-refractivity contribution is 8.00. The number of hydrogen-bond acceptors (Lipinski definition) is 8. The van der Waals surface area contributed by atoms with Gasteiger partial charge in [-0.15, -0.1) is 22.7 Å². The number of fused-ring (bicyclic) bond motifs is 4. The molecule has 2 aliphatic heterocycles. The molecule has 4 nitrogen and oxygen atoms in total. The molecule has 322 valence electrons. The average molecular weight is 913 g/mol. The first-order valence-corrected chi connectivity index (χ1v) is 25.8. The minimum atomic E-state index is 0.682. The van der Waals surface area contributed by atoms with Gasteiger partial charge in [-0.2, -0.15) is 0 Å². The maximum atomic E-state index is 11.9. The number of para-hydroxylation sites is 2. The Morgan fingerprint density at radius 3 is 1.30 bits per heavy atom. The number of thiophene rings is 2. The lowest BCUT2D eigenvalue weighted by Gasteiger charge is -2.33. The smallest absolute Gasteiger partial charge is 0.160 e. The Hall–Kier alpha value is -5.38. The van der Waals surface area contributed by atoms with Crippen LogP contribution in [0, 0.1) is 0 Å². The molecule has 0 N–H and O–H groups in total. The van der Waals surface area contributed by atoms with Gasteiger partial charge >= 0.3 is 0 Å². The SMILES string of the molecule is CCCCCCN1c2ccccc2Sc2cc(/C=C/c3cc(-c4ccc(C=O)s4)c(-c4ccc(C=O)s4)cc3/C=C/c3ccc4c(c3)Sc3ccccc3N4CCCCCC)ccc21. The number of unbranched alkanes of at least 4 members (excludes halogenated alkanes) is 6. The molecule has 8 heteroatoms. The van der Waals surface area contributed by atoms with E-state index in [1.54, 1.807) is 0 Å². The van der Waals surface area contributed by atoms with Gasteiger partial charge in [0, 0.05) is 53.6 Å². The van der Waals surface area contributed by atoms with Crippen LogP contribution in [0.1, 0.15) is 107 Å². The fourth-order valence-electron chi connectivity index (χ4n) is 8.61. The molecule has 0 unspecified atom stereocenters. The summed E-state index contributed by atoms with van der Waals surface area (Å²) in [6.07, 6.45) is 20.5. The van der Waals surface area contributed by atoms with Crippen LogP contribution in [0.25, 0.3) is 45.2 Å². The topological polar surface area (TPSA) is 40.6 Å². The third-order valence-electron chi connectivity index (χ3n) is 11.9. The zero-order valence-electron chi connectivity index (χ0n) is 36.4. The monoisotopic (exact) mass is 912 g/mol. The van der Waals surface area contributed by atoms with Crippen molar-refractivity contribution in [2.24, 2.45) is 0 Å². The van der Waals surface area contributed by atoms with E-state index in [4.69, 9.17) is 0 Å². The first-order chi connectivity index (χ1) is 31.5. The van der Waals surface area contributed by atoms with Crippen LogP contribution in [-0.2, 0) is 0 Å². The summed E-state index contributed by atoms with van der Waals surface area (Å²) in [6, 6.07) is 43.6. The Balaban J connectivity index is 1.10. The zero-order chi connectivity index (χ0) is 43.8. The first-order valence-electron chi connectivity index (χ1n) is 22.6. The van der Waals surface area contributed by atoms with Crippen molar-refractivity contribution >= 4 is 106 Å². The number of rotatable bonds is 18. The summed E-state index contributed by atoms with van der Waals surface area (Å²) in [5, 5.41) is 0. The first kappa shape index (κ1) is 43.9. The standard InChI is InChI=1S/C56H52N2O2S4/c1-3-5-7-13-31-57-47-15-9-11-17-53(47)63-55-33-39(21-27-49(55)57)19-23-41-35-45(51-29-25-43(37-59)61-51)46(52-30-26-44(38-60)62-52)36-42(41)24-20-40-22-28-50-56(34-40)64-54-18-12-10-16-48(54)58(50)32-14-8-6-4-2/h9-12,15-30,33-38H,3-8,13-14,31-32H2,1-2H3/b23-19+,24-20+. The zero-order valence-corrected chi connectivity index (χ0v) is 39.7. The third kappa shape index (κ3) is 9.67. The predicted molar refractivity (Wildman–Crippen MR) is 278 cm³/mol. The van der Waals surface area contributed by atoms with E-state index >= 15 is 0 Å². The summed E-state index contributed by atoms with van der Waals surface area (Å²) in [5.74, 6) is 0. The highest BCUT2D eigenvalue weighted by atomic mass is 32.2. The van der Waals surface area contributed by atoms with Crippen LogP contribution in [0.15, 0.2) is 141 Å². The van der Waals surface area contributed by atoms with Crippen LogP contribution in [0.4, 0.5) is 22.7 Å². The average Bonchev–Trinajstić information content (AvgIpc) is 4.03. The minimum Gasteiger partial charge on any atom is -0.340 e. The van der Waals surface area contributed by atoms with Gasteiger partial charge < -0.3 is 9.80 Å². The van der Waals surface area contributed by atoms with Crippen LogP contribution < -0.4 is 9.80 Å². The number of hydrogen-bond donors (Lipinski definition) is 0. The lowest BCUT2D eigenvalue weighted by Crippen LogP contribution is -2.22. The fourth-order valence-corrected chi connectivity index (χ4v) is 12.6. The van der Waals surface area contributed by atoms with Gasteiger partial charge in [0.05, 0.1) is 32.5 Å². The number of benzene rings is 5. The lowest BCUT2D eigenvalue weighted by molar-refractivity contribution is 0.111. The van der Waals surface area contributed by atoms with Gasteiger partial charge in [-0.05, 0) is 120 Å². The van der Waals surface area contributed by atoms with Crippen molar-refractivity contribution in [1.82, 2.24) is 0 Å². The molecular weight excluding hydrogens is 861 g/mol. The van der Waals surface area contributed by atoms with Crippen molar-refractivity contribution in [2.75, 3.05) is 22.9 Å². The molecule has 2 aromatic heterocycles. The Labute approximate surface area is 394 Å². The van der Waals surface area contributed by atoms with Crippen molar-refractivity contribution in [3.8, 4) is 20.9 Å². The van der Waals surface area contributed by atoms with Gasteiger partial charge in [0.15, 0.2) is 12.6 Å². The van der Waals surface area contributed by atoms with Crippen molar-refractivity contribution in [3.63, 3.8) is 0 Å². The van der Waals surface area contributed by atoms with E-state index in [1.165, 1.54) is 116 Å². The van der Waals surface area contributed by atoms with E-state index in [9.17, 15) is 9.59 Å². The molecule has 0 atom stereocenters. The van der Waals surface area contributed by atoms with E-state index < -0.39 is 0 Å². The quantitative estimate of drug-likeness (QED) is 0.0485. The fraction of sp³-hybridized carbons (Fsp3) is 0.214. The number of nitrogens with zero attached hydrogens (tertiary/aromatic N) is 2. The molecule has 0 amide bonds. The van der Waals surface area contributed by atoms with E-state index in [2.05, 4.69) is 145 Å². The van der Waals surface area contributed by atoms with E-state index in [0.717, 1.165) is 68.8 Å². The summed E-state index contributed by atoms with van der Waals surface area (Å²) in [7, 11) is 0. The molecule has 0 bridgehead atoms. The van der Waals surface area contributed by atoms with E-state index in [-0.39, 0.29) is 0 Å². The molecule has 7 aromatic rings. The largest absolute Gasteiger partial charge is 0.340 e. The minimum absolute atomic E-state index is 0.682. The Morgan fingerprint density at radius 2 is 0.875 bits per heavy atom. The second-order valence-corrected chi connectivity index (χ2v) is 20.7. The Kier molecular flexibility index (Phi) is 14.1. The van der Waals surface area contributed by atoms with Gasteiger partial charge in [-0.1, -0.05) is 137 Å². The molecule has 5 aromatic carbocycles. The molecule has 4 heterocycles. The van der Waals surface area contributed by atoms with Gasteiger partial charge in [0.2, 0.25) is 0 Å². The van der Waals surface area contributed by atoms with Gasteiger partial charge in [-0.25, -0.2) is 0 Å². The van der Waals surface area contributed by atoms with Crippen LogP contribution in [-0.4, -0.2) is 25.7 Å². The predicted octanol–water partition coefficient (Wildman–Crippen LogP) is 17.5. The van der Waals surface area contributed by atoms with Crippen LogP contribution in [0.2, 0.25) is 0 Å². The Bertz CT molecular complexity index is 2660. The highest BCUT2D eigenvalue weighted by Crippen LogP contribution is 2.50. The molecule has 0 aliphatic carbocycles. The maximum Gasteiger partial charge on any atom is 0.160 e. The molecule has 0 fully saturated rings. The van der Waals surface area contributed by atoms with Gasteiger partial charge in [0.1, 0.15) is 0 Å². The summed E-state index contributed by atoms with van der Waals surface area (Å²) >= 11 is 6.69. The summed E-state index contributed by atoms with van der Waals surface area (Å²) in [6.45, 7) is 6.54. The molecule has 9 rings (SSSR count). The highest BCUT2D eigenvalue weighted by Gasteiger charge is 2.25. The van der Waals surface area contributed by atoms with E-state index in [1.807, 2.05) is 47.8 Å². The van der Waals surface area contributed by atoms with E-state index in [0.29, 0.717) is 9.75 Å². The maximum absolute atomic E-state index is 11.9. The van der Waals surface area contributed by atoms with Crippen molar-refractivity contribution in [3.05, 3.63) is 153 Å². The molecule has 0 saturated carbocycles. The molecule has 64 heavy (non-hydrogen) atoms. The summed E-state index contributed by atoms with van der Waals surface area (Å²) in [4.78, 5) is 37.3. The van der Waals surface area contributed by atoms with Crippen molar-refractivity contribution in [2.45, 2.75) is 84.8 Å². The van der Waals surface area contributed by atoms with Crippen molar-refractivity contribution < 1.29 is 9.59 Å².